The Labute approximate surface area is 61.9 Å². The molecule has 0 aromatic carbocycles. The first-order valence-corrected chi connectivity index (χ1v) is 3.92. The summed E-state index contributed by atoms with van der Waals surface area (Å²) in [6.45, 7) is 4.73. The maximum Gasteiger partial charge on any atom is 0.0518 e. The van der Waals surface area contributed by atoms with Crippen LogP contribution in [0.3, 0.4) is 0 Å². The van der Waals surface area contributed by atoms with Gasteiger partial charge in [-0.25, -0.2) is 0 Å². The van der Waals surface area contributed by atoms with Gasteiger partial charge in [-0.05, 0) is 13.0 Å². The van der Waals surface area contributed by atoms with Crippen LogP contribution in [0.5, 0.6) is 0 Å². The van der Waals surface area contributed by atoms with Gasteiger partial charge in [-0.3, -0.25) is 0 Å². The molecule has 60 valence electrons. The molecular weight excluding hydrogens is 128 g/mol. The van der Waals surface area contributed by atoms with Crippen molar-refractivity contribution in [1.82, 2.24) is 5.32 Å². The molecule has 0 radical (unpaired) electrons. The molecule has 10 heavy (non-hydrogen) atoms. The first kappa shape index (κ1) is 7.98. The van der Waals surface area contributed by atoms with E-state index in [1.54, 1.807) is 0 Å². The highest BCUT2D eigenvalue weighted by atomic mass is 16.5. The minimum Gasteiger partial charge on any atom is -0.381 e. The van der Waals surface area contributed by atoms with Gasteiger partial charge in [0.25, 0.3) is 0 Å². The Morgan fingerprint density at radius 3 is 2.80 bits per heavy atom. The third-order valence-corrected chi connectivity index (χ3v) is 1.71. The monoisotopic (exact) mass is 144 g/mol. The lowest BCUT2D eigenvalue weighted by atomic mass is 10.1. The Morgan fingerprint density at radius 2 is 2.30 bits per heavy atom. The van der Waals surface area contributed by atoms with Gasteiger partial charge in [-0.15, -0.1) is 0 Å². The zero-order valence-electron chi connectivity index (χ0n) is 6.31. The average Bonchev–Trinajstić information content (AvgIpc) is 1.84. The maximum absolute atomic E-state index is 5.36. The molecule has 0 unspecified atom stereocenters. The predicted molar refractivity (Wildman–Crippen MR) is 40.9 cm³/mol. The fourth-order valence-corrected chi connectivity index (χ4v) is 0.902. The summed E-state index contributed by atoms with van der Waals surface area (Å²) in [6, 6.07) is 0. The van der Waals surface area contributed by atoms with Crippen molar-refractivity contribution in [2.75, 3.05) is 32.8 Å². The molecule has 0 atom stereocenters. The van der Waals surface area contributed by atoms with Crippen molar-refractivity contribution in [2.45, 2.75) is 6.42 Å². The molecular formula is C7H16N2O. The van der Waals surface area contributed by atoms with E-state index >= 15 is 0 Å². The summed E-state index contributed by atoms with van der Waals surface area (Å²) in [5.41, 5.74) is 5.30. The molecule has 3 nitrogen and oxygen atoms in total. The van der Waals surface area contributed by atoms with Crippen LogP contribution in [0, 0.1) is 5.92 Å². The standard InChI is InChI=1S/C7H16N2O/c8-2-1-3-10-6-7-4-9-5-7/h7,9H,1-6,8H2. The Hall–Kier alpha value is -0.120. The van der Waals surface area contributed by atoms with Crippen LogP contribution in [0.15, 0.2) is 0 Å². The van der Waals surface area contributed by atoms with Crippen LogP contribution in [-0.4, -0.2) is 32.8 Å². The Balaban J connectivity index is 1.76. The molecule has 3 N–H and O–H groups in total. The summed E-state index contributed by atoms with van der Waals surface area (Å²) < 4.78 is 5.36. The summed E-state index contributed by atoms with van der Waals surface area (Å²) in [5.74, 6) is 0.762. The van der Waals surface area contributed by atoms with Gasteiger partial charge in [0.2, 0.25) is 0 Å². The lowest BCUT2D eigenvalue weighted by Gasteiger charge is -2.26. The van der Waals surface area contributed by atoms with Gasteiger partial charge < -0.3 is 15.8 Å². The molecule has 1 fully saturated rings. The number of hydrogen-bond donors (Lipinski definition) is 2. The van der Waals surface area contributed by atoms with Gasteiger partial charge in [0, 0.05) is 25.6 Å². The van der Waals surface area contributed by atoms with E-state index in [1.165, 1.54) is 0 Å². The smallest absolute Gasteiger partial charge is 0.0518 e. The molecule has 1 heterocycles. The largest absolute Gasteiger partial charge is 0.381 e. The van der Waals surface area contributed by atoms with Gasteiger partial charge >= 0.3 is 0 Å². The highest BCUT2D eigenvalue weighted by Gasteiger charge is 2.15. The number of rotatable bonds is 5. The highest BCUT2D eigenvalue weighted by Crippen LogP contribution is 2.02. The topological polar surface area (TPSA) is 47.3 Å². The number of hydrogen-bond acceptors (Lipinski definition) is 3. The van der Waals surface area contributed by atoms with Gasteiger partial charge in [0.15, 0.2) is 0 Å². The Morgan fingerprint density at radius 1 is 1.50 bits per heavy atom. The van der Waals surface area contributed by atoms with E-state index < -0.39 is 0 Å². The van der Waals surface area contributed by atoms with E-state index in [-0.39, 0.29) is 0 Å². The van der Waals surface area contributed by atoms with Gasteiger partial charge in [-0.1, -0.05) is 0 Å². The minimum absolute atomic E-state index is 0.739. The summed E-state index contributed by atoms with van der Waals surface area (Å²) in [5, 5.41) is 3.20. The van der Waals surface area contributed by atoms with Crippen LogP contribution in [-0.2, 0) is 4.74 Å². The van der Waals surface area contributed by atoms with Crippen molar-refractivity contribution in [1.29, 1.82) is 0 Å². The van der Waals surface area contributed by atoms with Crippen LogP contribution in [0.1, 0.15) is 6.42 Å². The van der Waals surface area contributed by atoms with E-state index in [2.05, 4.69) is 5.32 Å². The first-order valence-electron chi connectivity index (χ1n) is 3.92. The summed E-state index contributed by atoms with van der Waals surface area (Å²) in [6.07, 6.45) is 0.986. The van der Waals surface area contributed by atoms with Crippen molar-refractivity contribution < 1.29 is 4.74 Å². The molecule has 0 aromatic rings. The van der Waals surface area contributed by atoms with Gasteiger partial charge in [0.1, 0.15) is 0 Å². The maximum atomic E-state index is 5.36. The molecule has 1 saturated heterocycles. The van der Waals surface area contributed by atoms with Crippen molar-refractivity contribution in [3.63, 3.8) is 0 Å². The van der Waals surface area contributed by atoms with E-state index in [0.717, 1.165) is 45.2 Å². The van der Waals surface area contributed by atoms with E-state index in [1.807, 2.05) is 0 Å². The molecule has 3 heteroatoms. The molecule has 1 rings (SSSR count). The van der Waals surface area contributed by atoms with Crippen LogP contribution in [0.2, 0.25) is 0 Å². The quantitative estimate of drug-likeness (QED) is 0.515. The van der Waals surface area contributed by atoms with Crippen LogP contribution >= 0.6 is 0 Å². The predicted octanol–water partition coefficient (Wildman–Crippen LogP) is -0.429. The van der Waals surface area contributed by atoms with Crippen molar-refractivity contribution in [2.24, 2.45) is 11.7 Å². The normalized spacial score (nSPS) is 18.9. The van der Waals surface area contributed by atoms with Crippen molar-refractivity contribution in [3.8, 4) is 0 Å². The highest BCUT2D eigenvalue weighted by molar-refractivity contribution is 4.73. The van der Waals surface area contributed by atoms with Crippen LogP contribution < -0.4 is 11.1 Å². The fourth-order valence-electron chi connectivity index (χ4n) is 0.902. The first-order chi connectivity index (χ1) is 4.93. The second-order valence-electron chi connectivity index (χ2n) is 2.74. The summed E-state index contributed by atoms with van der Waals surface area (Å²) in [7, 11) is 0. The second-order valence-corrected chi connectivity index (χ2v) is 2.74. The van der Waals surface area contributed by atoms with Crippen LogP contribution in [0.25, 0.3) is 0 Å². The molecule has 0 aliphatic carbocycles. The molecule has 0 saturated carbocycles. The fraction of sp³-hybridized carbons (Fsp3) is 1.00. The lowest BCUT2D eigenvalue weighted by Crippen LogP contribution is -2.44. The number of ether oxygens (including phenoxy) is 1. The van der Waals surface area contributed by atoms with Crippen molar-refractivity contribution >= 4 is 0 Å². The second kappa shape index (κ2) is 4.66. The Bertz CT molecular complexity index is 83.7. The van der Waals surface area contributed by atoms with E-state index in [0.29, 0.717) is 0 Å². The van der Waals surface area contributed by atoms with E-state index in [9.17, 15) is 0 Å². The molecule has 1 aliphatic rings. The Kier molecular flexibility index (Phi) is 3.72. The molecule has 0 amide bonds. The number of nitrogens with one attached hydrogen (secondary N) is 1. The third-order valence-electron chi connectivity index (χ3n) is 1.71. The van der Waals surface area contributed by atoms with Gasteiger partial charge in [0.05, 0.1) is 6.61 Å². The molecule has 1 aliphatic heterocycles. The average molecular weight is 144 g/mol. The lowest BCUT2D eigenvalue weighted by molar-refractivity contribution is 0.0795. The van der Waals surface area contributed by atoms with Crippen LogP contribution in [0.4, 0.5) is 0 Å². The minimum atomic E-state index is 0.739. The molecule has 0 bridgehead atoms. The summed E-state index contributed by atoms with van der Waals surface area (Å²) in [4.78, 5) is 0. The SMILES string of the molecule is NCCCOCC1CNC1. The zero-order chi connectivity index (χ0) is 7.23. The molecule has 0 spiro atoms. The zero-order valence-corrected chi connectivity index (χ0v) is 6.31. The number of nitrogens with two attached hydrogens (primary N) is 1. The van der Waals surface area contributed by atoms with Crippen molar-refractivity contribution in [3.05, 3.63) is 0 Å². The van der Waals surface area contributed by atoms with Gasteiger partial charge in [-0.2, -0.15) is 0 Å². The third kappa shape index (κ3) is 2.64. The van der Waals surface area contributed by atoms with E-state index in [4.69, 9.17) is 10.5 Å². The summed E-state index contributed by atoms with van der Waals surface area (Å²) >= 11 is 0. The molecule has 0 aromatic heterocycles.